The lowest BCUT2D eigenvalue weighted by Crippen LogP contribution is -2.57. The molecule has 1 unspecified atom stereocenters. The molecule has 168 valence electrons. The van der Waals surface area contributed by atoms with E-state index in [0.717, 1.165) is 12.8 Å². The van der Waals surface area contributed by atoms with Gasteiger partial charge in [-0.3, -0.25) is 4.79 Å². The highest BCUT2D eigenvalue weighted by Crippen LogP contribution is 2.59. The first-order valence-corrected chi connectivity index (χ1v) is 10.8. The lowest BCUT2D eigenvalue weighted by Gasteiger charge is -2.44. The van der Waals surface area contributed by atoms with Gasteiger partial charge in [0.05, 0.1) is 25.0 Å². The molecule has 1 aliphatic carbocycles. The highest BCUT2D eigenvalue weighted by molar-refractivity contribution is 5.71. The van der Waals surface area contributed by atoms with Gasteiger partial charge in [-0.25, -0.2) is 4.79 Å². The molecular weight excluding hydrogens is 390 g/mol. The molecule has 1 saturated carbocycles. The number of hydrogen-bond donors (Lipinski definition) is 1. The van der Waals surface area contributed by atoms with Crippen molar-refractivity contribution < 1.29 is 33.6 Å². The minimum Gasteiger partial charge on any atom is -0.481 e. The highest BCUT2D eigenvalue weighted by atomic mass is 16.6. The number of carboxylic acid groups (broad SMARTS) is 1. The van der Waals surface area contributed by atoms with Crippen LogP contribution < -0.4 is 0 Å². The van der Waals surface area contributed by atoms with Crippen molar-refractivity contribution in [3.05, 3.63) is 11.6 Å². The van der Waals surface area contributed by atoms with Crippen molar-refractivity contribution in [2.75, 3.05) is 26.8 Å². The van der Waals surface area contributed by atoms with E-state index in [0.29, 0.717) is 26.1 Å². The largest absolute Gasteiger partial charge is 0.481 e. The van der Waals surface area contributed by atoms with E-state index in [4.69, 9.17) is 24.1 Å². The fourth-order valence-electron chi connectivity index (χ4n) is 5.37. The van der Waals surface area contributed by atoms with Crippen LogP contribution in [0.4, 0.5) is 4.79 Å². The van der Waals surface area contributed by atoms with Crippen molar-refractivity contribution in [2.24, 2.45) is 11.8 Å². The normalized spacial score (nSPS) is 39.9. The molecule has 3 heterocycles. The number of aliphatic carboxylic acids is 1. The van der Waals surface area contributed by atoms with E-state index in [1.165, 1.54) is 5.57 Å². The minimum atomic E-state index is -0.835. The maximum atomic E-state index is 12.6. The van der Waals surface area contributed by atoms with Crippen molar-refractivity contribution in [2.45, 2.75) is 76.0 Å². The van der Waals surface area contributed by atoms with E-state index in [9.17, 15) is 9.59 Å². The summed E-state index contributed by atoms with van der Waals surface area (Å²) >= 11 is 0. The maximum Gasteiger partial charge on any atom is 0.410 e. The summed E-state index contributed by atoms with van der Waals surface area (Å²) in [5, 5.41) is 8.88. The third kappa shape index (κ3) is 3.97. The Morgan fingerprint density at radius 3 is 2.57 bits per heavy atom. The zero-order valence-corrected chi connectivity index (χ0v) is 18.3. The van der Waals surface area contributed by atoms with Gasteiger partial charge in [0.15, 0.2) is 0 Å². The van der Waals surface area contributed by atoms with Crippen LogP contribution in [-0.2, 0) is 23.7 Å². The zero-order valence-electron chi connectivity index (χ0n) is 18.3. The summed E-state index contributed by atoms with van der Waals surface area (Å²) in [5.74, 6) is -0.837. The Balaban J connectivity index is 1.40. The van der Waals surface area contributed by atoms with Gasteiger partial charge in [0, 0.05) is 26.1 Å². The molecular formula is C22H33NO7. The van der Waals surface area contributed by atoms with Crippen LogP contribution in [0.25, 0.3) is 0 Å². The third-order valence-electron chi connectivity index (χ3n) is 7.17. The molecule has 1 spiro atoms. The van der Waals surface area contributed by atoms with Crippen LogP contribution in [0.2, 0.25) is 0 Å². The van der Waals surface area contributed by atoms with Crippen LogP contribution in [0.3, 0.4) is 0 Å². The number of amides is 1. The molecule has 0 radical (unpaired) electrons. The van der Waals surface area contributed by atoms with E-state index in [-0.39, 0.29) is 47.8 Å². The molecule has 30 heavy (non-hydrogen) atoms. The van der Waals surface area contributed by atoms with Crippen LogP contribution in [0.5, 0.6) is 0 Å². The number of hydrogen-bond acceptors (Lipinski definition) is 6. The standard InChI is InChI=1S/C22H33NO7/c1-13(2)5-6-16-21(3,30-16)19-18(27-4)15(7-8-22(19)12-28-22)29-20(26)23-10-14(11-23)9-17(24)25/h5,14-16,18-19H,6-12H2,1-4H3,(H,24,25)/t15-,16?,18-,19-,21+,22+/m1/s1. The Bertz CT molecular complexity index is 723. The number of carbonyl (C=O) groups is 2. The van der Waals surface area contributed by atoms with Gasteiger partial charge >= 0.3 is 12.1 Å². The smallest absolute Gasteiger partial charge is 0.410 e. The Kier molecular flexibility index (Phi) is 5.61. The average molecular weight is 424 g/mol. The van der Waals surface area contributed by atoms with E-state index in [2.05, 4.69) is 26.8 Å². The minimum absolute atomic E-state index is 0.00474. The van der Waals surface area contributed by atoms with Crippen LogP contribution in [-0.4, -0.2) is 78.4 Å². The van der Waals surface area contributed by atoms with E-state index in [1.54, 1.807) is 12.0 Å². The third-order valence-corrected chi connectivity index (χ3v) is 7.17. The summed E-state index contributed by atoms with van der Waals surface area (Å²) in [6, 6.07) is 0. The molecule has 0 aromatic heterocycles. The molecule has 1 amide bonds. The van der Waals surface area contributed by atoms with Crippen LogP contribution in [0.1, 0.15) is 46.5 Å². The predicted octanol–water partition coefficient (Wildman–Crippen LogP) is 2.61. The van der Waals surface area contributed by atoms with Gasteiger partial charge in [0.25, 0.3) is 0 Å². The van der Waals surface area contributed by atoms with Gasteiger partial charge in [-0.2, -0.15) is 0 Å². The molecule has 4 aliphatic rings. The molecule has 3 saturated heterocycles. The second-order valence-corrected chi connectivity index (χ2v) is 9.67. The van der Waals surface area contributed by atoms with E-state index >= 15 is 0 Å². The van der Waals surface area contributed by atoms with E-state index in [1.807, 2.05) is 0 Å². The van der Waals surface area contributed by atoms with Gasteiger partial charge in [0.2, 0.25) is 0 Å². The van der Waals surface area contributed by atoms with E-state index < -0.39 is 12.1 Å². The van der Waals surface area contributed by atoms with Gasteiger partial charge in [-0.1, -0.05) is 11.6 Å². The number of allylic oxidation sites excluding steroid dienone is 1. The quantitative estimate of drug-likeness (QED) is 0.496. The Morgan fingerprint density at radius 1 is 1.30 bits per heavy atom. The van der Waals surface area contributed by atoms with Crippen LogP contribution in [0.15, 0.2) is 11.6 Å². The molecule has 0 bridgehead atoms. The summed E-state index contributed by atoms with van der Waals surface area (Å²) in [5.41, 5.74) is 0.651. The number of methoxy groups -OCH3 is 1. The first-order chi connectivity index (χ1) is 14.2. The summed E-state index contributed by atoms with van der Waals surface area (Å²) in [6.45, 7) is 7.82. The summed E-state index contributed by atoms with van der Waals surface area (Å²) in [4.78, 5) is 25.0. The molecule has 8 heteroatoms. The maximum absolute atomic E-state index is 12.6. The molecule has 4 fully saturated rings. The lowest BCUT2D eigenvalue weighted by molar-refractivity contribution is -0.140. The van der Waals surface area contributed by atoms with Crippen molar-refractivity contribution in [3.63, 3.8) is 0 Å². The van der Waals surface area contributed by atoms with Crippen molar-refractivity contribution in [3.8, 4) is 0 Å². The Hall–Kier alpha value is -1.64. The monoisotopic (exact) mass is 423 g/mol. The number of ether oxygens (including phenoxy) is 4. The second kappa shape index (κ2) is 7.80. The van der Waals surface area contributed by atoms with Crippen molar-refractivity contribution >= 4 is 12.1 Å². The molecule has 4 rings (SSSR count). The lowest BCUT2D eigenvalue weighted by atomic mass is 9.68. The van der Waals surface area contributed by atoms with Crippen molar-refractivity contribution in [1.82, 2.24) is 4.90 Å². The van der Waals surface area contributed by atoms with Gasteiger partial charge in [-0.05, 0) is 40.0 Å². The molecule has 0 aromatic rings. The van der Waals surface area contributed by atoms with Gasteiger partial charge < -0.3 is 29.0 Å². The number of rotatable bonds is 7. The van der Waals surface area contributed by atoms with Gasteiger partial charge in [0.1, 0.15) is 23.4 Å². The fraction of sp³-hybridized carbons (Fsp3) is 0.818. The molecule has 1 N–H and O–H groups in total. The molecule has 6 atom stereocenters. The predicted molar refractivity (Wildman–Crippen MR) is 107 cm³/mol. The number of carbonyl (C=O) groups excluding carboxylic acids is 1. The van der Waals surface area contributed by atoms with Crippen molar-refractivity contribution in [1.29, 1.82) is 0 Å². The topological polar surface area (TPSA) is 101 Å². The first kappa shape index (κ1) is 21.6. The molecule has 3 aliphatic heterocycles. The fourth-order valence-corrected chi connectivity index (χ4v) is 5.37. The summed E-state index contributed by atoms with van der Waals surface area (Å²) < 4.78 is 23.8. The zero-order chi connectivity index (χ0) is 21.7. The summed E-state index contributed by atoms with van der Waals surface area (Å²) in [7, 11) is 1.66. The molecule has 8 nitrogen and oxygen atoms in total. The SMILES string of the molecule is CO[C@@H]1[C@H](OC(=O)N2CC(CC(=O)O)C2)CC[C@]2(CO2)[C@H]1[C@@]1(C)OC1CC=C(C)C. The second-order valence-electron chi connectivity index (χ2n) is 9.67. The number of nitrogens with zero attached hydrogens (tertiary/aromatic N) is 1. The first-order valence-electron chi connectivity index (χ1n) is 10.8. The number of epoxide rings is 2. The Morgan fingerprint density at radius 2 is 2.00 bits per heavy atom. The Labute approximate surface area is 177 Å². The number of likely N-dealkylation sites (tertiary alicyclic amines) is 1. The summed E-state index contributed by atoms with van der Waals surface area (Å²) in [6.07, 6.45) is 3.66. The average Bonchev–Trinajstić information content (AvgIpc) is 3.55. The number of carboxylic acids is 1. The van der Waals surface area contributed by atoms with Crippen LogP contribution >= 0.6 is 0 Å². The van der Waals surface area contributed by atoms with Crippen LogP contribution in [0, 0.1) is 11.8 Å². The molecule has 0 aromatic carbocycles. The highest BCUT2D eigenvalue weighted by Gasteiger charge is 2.72. The van der Waals surface area contributed by atoms with Gasteiger partial charge in [-0.15, -0.1) is 0 Å².